The van der Waals surface area contributed by atoms with Crippen molar-refractivity contribution in [1.29, 1.82) is 0 Å². The molecule has 0 saturated heterocycles. The van der Waals surface area contributed by atoms with Crippen molar-refractivity contribution in [2.24, 2.45) is 0 Å². The molecule has 1 aliphatic rings. The maximum atomic E-state index is 13.1. The van der Waals surface area contributed by atoms with E-state index < -0.39 is 0 Å². The zero-order valence-corrected chi connectivity index (χ0v) is 19.3. The Balaban J connectivity index is 1.71. The Kier molecular flexibility index (Phi) is 5.59. The van der Waals surface area contributed by atoms with E-state index in [-0.39, 0.29) is 18.4 Å². The summed E-state index contributed by atoms with van der Waals surface area (Å²) in [5.74, 6) is 0.522. The highest BCUT2D eigenvalue weighted by molar-refractivity contribution is 6.09. The number of nitrogens with one attached hydrogen (secondary N) is 1. The number of aliphatic hydroxyl groups is 1. The first-order valence-corrected chi connectivity index (χ1v) is 11.2. The topological polar surface area (TPSA) is 84.3 Å². The Labute approximate surface area is 198 Å². The molecule has 0 fully saturated rings. The molecule has 2 aromatic carbocycles. The molecule has 1 amide bonds. The average Bonchev–Trinajstić information content (AvgIpc) is 3.00. The van der Waals surface area contributed by atoms with Crippen molar-refractivity contribution in [2.75, 3.05) is 11.9 Å². The van der Waals surface area contributed by atoms with Crippen molar-refractivity contribution in [3.8, 4) is 34.1 Å². The largest absolute Gasteiger partial charge is 0.436 e. The summed E-state index contributed by atoms with van der Waals surface area (Å²) in [6, 6.07) is 17.4. The molecular weight excluding hydrogens is 426 g/mol. The maximum Gasteiger partial charge on any atom is 0.261 e. The van der Waals surface area contributed by atoms with Gasteiger partial charge in [-0.05, 0) is 73.7 Å². The first kappa shape index (κ1) is 21.8. The number of benzene rings is 2. The standard InChI is InChI=1S/C28H25N3O3/c1-16-7-9-19(10-8-16)24-18(3)26-25(17(2)20(24)13-15-32)31-27(33)21-11-12-23(30-28(21)34-26)22-6-4-5-14-29-22/h4-12,14,32H,13,15H2,1-3H3,(H,31,33). The van der Waals surface area contributed by atoms with Crippen LogP contribution in [0.25, 0.3) is 22.5 Å². The Morgan fingerprint density at radius 1 is 0.941 bits per heavy atom. The molecule has 6 nitrogen and oxygen atoms in total. The lowest BCUT2D eigenvalue weighted by atomic mass is 9.88. The number of nitrogens with zero attached hydrogens (tertiary/aromatic N) is 2. The normalized spacial score (nSPS) is 12.3. The van der Waals surface area contributed by atoms with E-state index in [1.807, 2.05) is 39.0 Å². The van der Waals surface area contributed by atoms with Crippen LogP contribution >= 0.6 is 0 Å². The quantitative estimate of drug-likeness (QED) is 0.420. The van der Waals surface area contributed by atoms with Gasteiger partial charge in [0.05, 0.1) is 17.1 Å². The second-order valence-electron chi connectivity index (χ2n) is 8.47. The van der Waals surface area contributed by atoms with Crippen LogP contribution in [0.15, 0.2) is 60.8 Å². The highest BCUT2D eigenvalue weighted by Gasteiger charge is 2.29. The van der Waals surface area contributed by atoms with Crippen LogP contribution < -0.4 is 10.1 Å². The van der Waals surface area contributed by atoms with Gasteiger partial charge in [-0.3, -0.25) is 9.78 Å². The number of carbonyl (C=O) groups is 1. The lowest BCUT2D eigenvalue weighted by molar-refractivity contribution is 0.102. The van der Waals surface area contributed by atoms with Crippen molar-refractivity contribution in [2.45, 2.75) is 27.2 Å². The molecular formula is C28H25N3O3. The Bertz CT molecular complexity index is 1400. The molecule has 2 aromatic heterocycles. The molecule has 34 heavy (non-hydrogen) atoms. The molecule has 0 aliphatic carbocycles. The van der Waals surface area contributed by atoms with E-state index in [0.29, 0.717) is 34.8 Å². The number of pyridine rings is 2. The van der Waals surface area contributed by atoms with Crippen LogP contribution in [0.4, 0.5) is 5.69 Å². The summed E-state index contributed by atoms with van der Waals surface area (Å²) in [5.41, 5.74) is 8.23. The number of rotatable bonds is 4. The fraction of sp³-hybridized carbons (Fsp3) is 0.179. The number of aliphatic hydroxyl groups excluding tert-OH is 1. The molecule has 0 bridgehead atoms. The lowest BCUT2D eigenvalue weighted by Crippen LogP contribution is -2.13. The molecule has 0 saturated carbocycles. The third-order valence-corrected chi connectivity index (χ3v) is 6.24. The number of ether oxygens (including phenoxy) is 1. The molecule has 0 spiro atoms. The number of anilines is 1. The molecule has 0 atom stereocenters. The van der Waals surface area contributed by atoms with E-state index in [2.05, 4.69) is 39.6 Å². The second-order valence-corrected chi connectivity index (χ2v) is 8.47. The van der Waals surface area contributed by atoms with Gasteiger partial charge in [0, 0.05) is 18.4 Å². The van der Waals surface area contributed by atoms with E-state index in [4.69, 9.17) is 4.74 Å². The molecule has 0 unspecified atom stereocenters. The number of hydrogen-bond donors (Lipinski definition) is 2. The second kappa shape index (κ2) is 8.72. The van der Waals surface area contributed by atoms with Crippen molar-refractivity contribution < 1.29 is 14.6 Å². The highest BCUT2D eigenvalue weighted by atomic mass is 16.5. The van der Waals surface area contributed by atoms with Crippen LogP contribution in [0, 0.1) is 20.8 Å². The molecule has 4 aromatic rings. The number of hydrogen-bond acceptors (Lipinski definition) is 5. The highest BCUT2D eigenvalue weighted by Crippen LogP contribution is 2.46. The summed E-state index contributed by atoms with van der Waals surface area (Å²) < 4.78 is 6.38. The van der Waals surface area contributed by atoms with E-state index in [1.165, 1.54) is 5.56 Å². The summed E-state index contributed by atoms with van der Waals surface area (Å²) >= 11 is 0. The predicted octanol–water partition coefficient (Wildman–Crippen LogP) is 5.63. The minimum atomic E-state index is -0.283. The Morgan fingerprint density at radius 3 is 2.44 bits per heavy atom. The Hall–Kier alpha value is -4.03. The lowest BCUT2D eigenvalue weighted by Gasteiger charge is -2.22. The summed E-state index contributed by atoms with van der Waals surface area (Å²) in [7, 11) is 0. The SMILES string of the molecule is Cc1ccc(-c2c(C)c3c(c(C)c2CCO)NC(=O)c2ccc(-c4ccccn4)nc2O3)cc1. The molecule has 3 heterocycles. The molecule has 1 aliphatic heterocycles. The Morgan fingerprint density at radius 2 is 1.74 bits per heavy atom. The third kappa shape index (κ3) is 3.72. The van der Waals surface area contributed by atoms with Gasteiger partial charge in [0.1, 0.15) is 5.56 Å². The van der Waals surface area contributed by atoms with Crippen LogP contribution in [-0.2, 0) is 6.42 Å². The van der Waals surface area contributed by atoms with E-state index >= 15 is 0 Å². The molecule has 5 rings (SSSR count). The van der Waals surface area contributed by atoms with E-state index in [9.17, 15) is 9.90 Å². The first-order chi connectivity index (χ1) is 16.5. The van der Waals surface area contributed by atoms with Crippen molar-refractivity contribution >= 4 is 11.6 Å². The number of fused-ring (bicyclic) bond motifs is 2. The van der Waals surface area contributed by atoms with Gasteiger partial charge in [0.2, 0.25) is 5.88 Å². The summed E-state index contributed by atoms with van der Waals surface area (Å²) in [5, 5.41) is 12.8. The molecule has 2 N–H and O–H groups in total. The number of carbonyl (C=O) groups excluding carboxylic acids is 1. The number of amides is 1. The van der Waals surface area contributed by atoms with Crippen molar-refractivity contribution in [1.82, 2.24) is 9.97 Å². The van der Waals surface area contributed by atoms with Gasteiger partial charge in [-0.15, -0.1) is 0 Å². The van der Waals surface area contributed by atoms with Gasteiger partial charge in [-0.25, -0.2) is 4.98 Å². The van der Waals surface area contributed by atoms with Crippen molar-refractivity contribution in [3.05, 3.63) is 88.6 Å². The fourth-order valence-electron chi connectivity index (χ4n) is 4.47. The summed E-state index contributed by atoms with van der Waals surface area (Å²) in [4.78, 5) is 22.2. The van der Waals surface area contributed by atoms with E-state index in [1.54, 1.807) is 18.3 Å². The van der Waals surface area contributed by atoms with Crippen LogP contribution in [0.1, 0.15) is 32.6 Å². The average molecular weight is 452 g/mol. The maximum absolute atomic E-state index is 13.1. The molecule has 6 heteroatoms. The van der Waals surface area contributed by atoms with Crippen LogP contribution in [0.3, 0.4) is 0 Å². The fourth-order valence-corrected chi connectivity index (χ4v) is 4.47. The van der Waals surface area contributed by atoms with E-state index in [0.717, 1.165) is 27.8 Å². The molecule has 170 valence electrons. The van der Waals surface area contributed by atoms with Gasteiger partial charge in [0.25, 0.3) is 5.91 Å². The third-order valence-electron chi connectivity index (χ3n) is 6.24. The predicted molar refractivity (Wildman–Crippen MR) is 132 cm³/mol. The number of aromatic nitrogens is 2. The van der Waals surface area contributed by atoms with Gasteiger partial charge in [-0.1, -0.05) is 35.9 Å². The minimum absolute atomic E-state index is 0.00193. The molecule has 0 radical (unpaired) electrons. The van der Waals surface area contributed by atoms with Crippen LogP contribution in [-0.4, -0.2) is 27.6 Å². The van der Waals surface area contributed by atoms with Gasteiger partial charge < -0.3 is 15.2 Å². The van der Waals surface area contributed by atoms with Crippen molar-refractivity contribution in [3.63, 3.8) is 0 Å². The smallest absolute Gasteiger partial charge is 0.261 e. The minimum Gasteiger partial charge on any atom is -0.436 e. The van der Waals surface area contributed by atoms with Crippen LogP contribution in [0.5, 0.6) is 11.6 Å². The van der Waals surface area contributed by atoms with Crippen LogP contribution in [0.2, 0.25) is 0 Å². The first-order valence-electron chi connectivity index (χ1n) is 11.2. The zero-order chi connectivity index (χ0) is 23.8. The van der Waals surface area contributed by atoms with Gasteiger partial charge in [-0.2, -0.15) is 0 Å². The van der Waals surface area contributed by atoms with Gasteiger partial charge in [0.15, 0.2) is 5.75 Å². The summed E-state index contributed by atoms with van der Waals surface area (Å²) in [6.45, 7) is 5.98. The van der Waals surface area contributed by atoms with Gasteiger partial charge >= 0.3 is 0 Å². The zero-order valence-electron chi connectivity index (χ0n) is 19.3. The summed E-state index contributed by atoms with van der Waals surface area (Å²) in [6.07, 6.45) is 2.17. The number of aryl methyl sites for hydroxylation is 1. The monoisotopic (exact) mass is 451 g/mol.